The van der Waals surface area contributed by atoms with Crippen LogP contribution < -0.4 is 11.1 Å². The van der Waals surface area contributed by atoms with E-state index in [0.29, 0.717) is 11.4 Å². The van der Waals surface area contributed by atoms with Gasteiger partial charge in [-0.15, -0.1) is 0 Å². The third-order valence-electron chi connectivity index (χ3n) is 2.10. The van der Waals surface area contributed by atoms with Gasteiger partial charge in [-0.25, -0.2) is 4.39 Å². The van der Waals surface area contributed by atoms with Crippen LogP contribution in [0, 0.1) is 5.82 Å². The van der Waals surface area contributed by atoms with Crippen LogP contribution in [0.5, 0.6) is 0 Å². The van der Waals surface area contributed by atoms with Gasteiger partial charge in [0.2, 0.25) is 0 Å². The summed E-state index contributed by atoms with van der Waals surface area (Å²) in [6, 6.07) is 7.39. The molecule has 4 nitrogen and oxygen atoms in total. The summed E-state index contributed by atoms with van der Waals surface area (Å²) in [6.45, 7) is 0. The summed E-state index contributed by atoms with van der Waals surface area (Å²) in [5.74, 6) is -0.797. The van der Waals surface area contributed by atoms with Gasteiger partial charge >= 0.3 is 0 Å². The standard InChI is InChI=1S/C11H10FN3O/c12-8-4-3-7(6-9(8)13)15-11(16)10-2-1-5-14-10/h1-6,14H,13H2,(H,15,16). The van der Waals surface area contributed by atoms with Crippen molar-refractivity contribution >= 4 is 17.3 Å². The van der Waals surface area contributed by atoms with E-state index < -0.39 is 5.82 Å². The fourth-order valence-electron chi connectivity index (χ4n) is 1.29. The van der Waals surface area contributed by atoms with Crippen molar-refractivity contribution in [3.05, 3.63) is 48.0 Å². The lowest BCUT2D eigenvalue weighted by Crippen LogP contribution is -2.12. The van der Waals surface area contributed by atoms with Gasteiger partial charge in [-0.3, -0.25) is 4.79 Å². The first-order valence-corrected chi connectivity index (χ1v) is 4.66. The van der Waals surface area contributed by atoms with Crippen LogP contribution in [0.25, 0.3) is 0 Å². The van der Waals surface area contributed by atoms with E-state index in [1.54, 1.807) is 18.3 Å². The number of H-pyrrole nitrogens is 1. The molecule has 1 heterocycles. The molecule has 0 fully saturated rings. The molecule has 1 amide bonds. The number of halogens is 1. The first-order chi connectivity index (χ1) is 7.66. The molecule has 0 bridgehead atoms. The number of aromatic nitrogens is 1. The molecular weight excluding hydrogens is 209 g/mol. The highest BCUT2D eigenvalue weighted by atomic mass is 19.1. The summed E-state index contributed by atoms with van der Waals surface area (Å²) in [5.41, 5.74) is 6.28. The second-order valence-electron chi connectivity index (χ2n) is 3.27. The normalized spacial score (nSPS) is 10.1. The number of nitrogen functional groups attached to an aromatic ring is 1. The highest BCUT2D eigenvalue weighted by Gasteiger charge is 2.07. The fourth-order valence-corrected chi connectivity index (χ4v) is 1.29. The second-order valence-corrected chi connectivity index (χ2v) is 3.27. The largest absolute Gasteiger partial charge is 0.396 e. The van der Waals surface area contributed by atoms with Crippen molar-refractivity contribution in [2.75, 3.05) is 11.1 Å². The molecule has 0 aliphatic carbocycles. The Morgan fingerprint density at radius 3 is 2.81 bits per heavy atom. The summed E-state index contributed by atoms with van der Waals surface area (Å²) >= 11 is 0. The molecule has 0 spiro atoms. The Morgan fingerprint density at radius 1 is 1.38 bits per heavy atom. The number of carbonyl (C=O) groups excluding carboxylic acids is 1. The summed E-state index contributed by atoms with van der Waals surface area (Å²) in [7, 11) is 0. The minimum Gasteiger partial charge on any atom is -0.396 e. The lowest BCUT2D eigenvalue weighted by Gasteiger charge is -2.05. The zero-order chi connectivity index (χ0) is 11.5. The second kappa shape index (κ2) is 4.06. The van der Waals surface area contributed by atoms with Crippen LogP contribution in [0.1, 0.15) is 10.5 Å². The van der Waals surface area contributed by atoms with E-state index in [1.165, 1.54) is 18.2 Å². The number of benzene rings is 1. The minimum absolute atomic E-state index is 0.00397. The molecule has 0 aliphatic rings. The molecule has 1 aromatic heterocycles. The predicted octanol–water partition coefficient (Wildman–Crippen LogP) is 1.99. The Bertz CT molecular complexity index is 508. The van der Waals surface area contributed by atoms with Crippen molar-refractivity contribution in [1.29, 1.82) is 0 Å². The molecule has 0 saturated heterocycles. The van der Waals surface area contributed by atoms with Crippen LogP contribution in [0.4, 0.5) is 15.8 Å². The molecule has 0 aliphatic heterocycles. The van der Waals surface area contributed by atoms with Crippen LogP contribution in [-0.2, 0) is 0 Å². The first-order valence-electron chi connectivity index (χ1n) is 4.66. The summed E-state index contributed by atoms with van der Waals surface area (Å²) in [5, 5.41) is 2.60. The zero-order valence-electron chi connectivity index (χ0n) is 8.33. The fraction of sp³-hybridized carbons (Fsp3) is 0. The average molecular weight is 219 g/mol. The lowest BCUT2D eigenvalue weighted by atomic mass is 10.2. The number of hydrogen-bond acceptors (Lipinski definition) is 2. The van der Waals surface area contributed by atoms with Crippen LogP contribution in [0.2, 0.25) is 0 Å². The minimum atomic E-state index is -0.502. The third kappa shape index (κ3) is 2.03. The molecule has 0 atom stereocenters. The van der Waals surface area contributed by atoms with Crippen LogP contribution in [0.3, 0.4) is 0 Å². The molecule has 2 rings (SSSR count). The van der Waals surface area contributed by atoms with Gasteiger partial charge in [0, 0.05) is 11.9 Å². The van der Waals surface area contributed by atoms with Gasteiger partial charge in [-0.2, -0.15) is 0 Å². The highest BCUT2D eigenvalue weighted by Crippen LogP contribution is 2.16. The molecule has 1 aromatic carbocycles. The molecule has 5 heteroatoms. The van der Waals surface area contributed by atoms with Crippen molar-refractivity contribution in [2.24, 2.45) is 0 Å². The molecule has 2 aromatic rings. The Labute approximate surface area is 91.3 Å². The quantitative estimate of drug-likeness (QED) is 0.676. The highest BCUT2D eigenvalue weighted by molar-refractivity contribution is 6.03. The van der Waals surface area contributed by atoms with Crippen molar-refractivity contribution in [2.45, 2.75) is 0 Å². The average Bonchev–Trinajstić information content (AvgIpc) is 2.77. The van der Waals surface area contributed by atoms with Crippen molar-refractivity contribution in [1.82, 2.24) is 4.98 Å². The maximum Gasteiger partial charge on any atom is 0.272 e. The number of amides is 1. The van der Waals surface area contributed by atoms with E-state index in [0.717, 1.165) is 0 Å². The van der Waals surface area contributed by atoms with Crippen molar-refractivity contribution < 1.29 is 9.18 Å². The van der Waals surface area contributed by atoms with Crippen LogP contribution in [-0.4, -0.2) is 10.9 Å². The van der Waals surface area contributed by atoms with Crippen molar-refractivity contribution in [3.63, 3.8) is 0 Å². The molecular formula is C11H10FN3O. The van der Waals surface area contributed by atoms with Gasteiger partial charge in [-0.05, 0) is 30.3 Å². The summed E-state index contributed by atoms with van der Waals surface area (Å²) in [6.07, 6.45) is 1.65. The Kier molecular flexibility index (Phi) is 2.59. The number of carbonyl (C=O) groups is 1. The molecule has 0 unspecified atom stereocenters. The van der Waals surface area contributed by atoms with E-state index in [2.05, 4.69) is 10.3 Å². The molecule has 82 valence electrons. The SMILES string of the molecule is Nc1cc(NC(=O)c2ccc[nH]2)ccc1F. The monoisotopic (exact) mass is 219 g/mol. The van der Waals surface area contributed by atoms with Gasteiger partial charge in [-0.1, -0.05) is 0 Å². The Hall–Kier alpha value is -2.30. The van der Waals surface area contributed by atoms with Gasteiger partial charge < -0.3 is 16.0 Å². The number of rotatable bonds is 2. The molecule has 0 radical (unpaired) electrons. The topological polar surface area (TPSA) is 70.9 Å². The van der Waals surface area contributed by atoms with Crippen LogP contribution >= 0.6 is 0 Å². The molecule has 16 heavy (non-hydrogen) atoms. The number of nitrogens with two attached hydrogens (primary N) is 1. The maximum atomic E-state index is 12.9. The number of hydrogen-bond donors (Lipinski definition) is 3. The predicted molar refractivity (Wildman–Crippen MR) is 59.6 cm³/mol. The van der Waals surface area contributed by atoms with Gasteiger partial charge in [0.15, 0.2) is 0 Å². The van der Waals surface area contributed by atoms with Crippen molar-refractivity contribution in [3.8, 4) is 0 Å². The molecule has 4 N–H and O–H groups in total. The van der Waals surface area contributed by atoms with E-state index in [4.69, 9.17) is 5.73 Å². The van der Waals surface area contributed by atoms with E-state index in [9.17, 15) is 9.18 Å². The van der Waals surface area contributed by atoms with Gasteiger partial charge in [0.05, 0.1) is 5.69 Å². The lowest BCUT2D eigenvalue weighted by molar-refractivity contribution is 0.102. The summed E-state index contributed by atoms with van der Waals surface area (Å²) in [4.78, 5) is 14.4. The van der Waals surface area contributed by atoms with Gasteiger partial charge in [0.25, 0.3) is 5.91 Å². The molecule has 0 saturated carbocycles. The number of anilines is 2. The Balaban J connectivity index is 2.15. The first kappa shape index (κ1) is 10.2. The summed E-state index contributed by atoms with van der Waals surface area (Å²) < 4.78 is 12.9. The Morgan fingerprint density at radius 2 is 2.19 bits per heavy atom. The number of aromatic amines is 1. The maximum absolute atomic E-state index is 12.9. The van der Waals surface area contributed by atoms with Gasteiger partial charge in [0.1, 0.15) is 11.5 Å². The van der Waals surface area contributed by atoms with E-state index >= 15 is 0 Å². The zero-order valence-corrected chi connectivity index (χ0v) is 8.33. The smallest absolute Gasteiger partial charge is 0.272 e. The van der Waals surface area contributed by atoms with E-state index in [1.807, 2.05) is 0 Å². The van der Waals surface area contributed by atoms with E-state index in [-0.39, 0.29) is 11.6 Å². The van der Waals surface area contributed by atoms with Crippen LogP contribution in [0.15, 0.2) is 36.5 Å². The number of nitrogens with one attached hydrogen (secondary N) is 2. The third-order valence-corrected chi connectivity index (χ3v) is 2.10.